The van der Waals surface area contributed by atoms with E-state index in [4.69, 9.17) is 0 Å². The highest BCUT2D eigenvalue weighted by atomic mass is 16.1. The van der Waals surface area contributed by atoms with Crippen LogP contribution in [0.5, 0.6) is 0 Å². The summed E-state index contributed by atoms with van der Waals surface area (Å²) in [6, 6.07) is 0. The Bertz CT molecular complexity index is 172. The molecule has 3 heteroatoms. The van der Waals surface area contributed by atoms with Gasteiger partial charge in [-0.2, -0.15) is 0 Å². The molecule has 0 aromatic rings. The van der Waals surface area contributed by atoms with Crippen LogP contribution in [-0.4, -0.2) is 30.6 Å². The van der Waals surface area contributed by atoms with Crippen molar-refractivity contribution in [3.63, 3.8) is 0 Å². The molecule has 1 aliphatic heterocycles. The van der Waals surface area contributed by atoms with E-state index in [0.29, 0.717) is 6.54 Å². The zero-order valence-corrected chi connectivity index (χ0v) is 5.24. The maximum atomic E-state index is 10.6. The molecule has 0 atom stereocenters. The van der Waals surface area contributed by atoms with Crippen LogP contribution in [0.2, 0.25) is 0 Å². The third-order valence-electron chi connectivity index (χ3n) is 1.03. The molecule has 1 aliphatic rings. The second-order valence-electron chi connectivity index (χ2n) is 1.93. The number of rotatable bonds is 0. The van der Waals surface area contributed by atoms with Crippen LogP contribution in [0.4, 0.5) is 0 Å². The highest BCUT2D eigenvalue weighted by molar-refractivity contribution is 5.90. The summed E-state index contributed by atoms with van der Waals surface area (Å²) in [5.41, 5.74) is 0. The average Bonchev–Trinajstić information content (AvgIpc) is 1.93. The van der Waals surface area contributed by atoms with Gasteiger partial charge in [0, 0.05) is 19.5 Å². The molecule has 0 saturated carbocycles. The Hall–Kier alpha value is -1.12. The van der Waals surface area contributed by atoms with Gasteiger partial charge in [0.25, 0.3) is 5.91 Å². The van der Waals surface area contributed by atoms with Crippen LogP contribution >= 0.6 is 0 Å². The summed E-state index contributed by atoms with van der Waals surface area (Å²) >= 11 is 0. The van der Waals surface area contributed by atoms with E-state index < -0.39 is 0 Å². The lowest BCUT2D eigenvalue weighted by atomic mass is 10.5. The summed E-state index contributed by atoms with van der Waals surface area (Å²) in [5.74, 6) is -0.0949. The van der Waals surface area contributed by atoms with Crippen molar-refractivity contribution < 1.29 is 4.79 Å². The van der Waals surface area contributed by atoms with Crippen molar-refractivity contribution in [1.82, 2.24) is 4.90 Å². The molecular weight excluding hydrogens is 116 g/mol. The Labute approximate surface area is 53.7 Å². The Morgan fingerprint density at radius 1 is 1.78 bits per heavy atom. The third-order valence-corrected chi connectivity index (χ3v) is 1.03. The lowest BCUT2D eigenvalue weighted by molar-refractivity contribution is -0.118. The van der Waals surface area contributed by atoms with Gasteiger partial charge in [0.15, 0.2) is 0 Å². The number of amides is 1. The summed E-state index contributed by atoms with van der Waals surface area (Å²) in [7, 11) is 1.84. The fraction of sp³-hybridized carbons (Fsp3) is 0.333. The fourth-order valence-corrected chi connectivity index (χ4v) is 0.618. The summed E-state index contributed by atoms with van der Waals surface area (Å²) in [6.45, 7) is 0.382. The quantitative estimate of drug-likeness (QED) is 0.457. The molecule has 0 aromatic heterocycles. The molecule has 0 spiro atoms. The van der Waals surface area contributed by atoms with Crippen molar-refractivity contribution in [3.05, 3.63) is 12.3 Å². The minimum absolute atomic E-state index is 0.0949. The van der Waals surface area contributed by atoms with Gasteiger partial charge in [-0.05, 0) is 6.08 Å². The van der Waals surface area contributed by atoms with Crippen LogP contribution in [0, 0.1) is 0 Å². The molecule has 0 bridgehead atoms. The zero-order valence-electron chi connectivity index (χ0n) is 5.24. The van der Waals surface area contributed by atoms with Crippen LogP contribution in [0.3, 0.4) is 0 Å². The monoisotopic (exact) mass is 124 g/mol. The van der Waals surface area contributed by atoms with E-state index in [-0.39, 0.29) is 5.91 Å². The standard InChI is InChI=1S/C6H8N2O/c1-8-4-2-3-7-6(9)5-8/h2-4H,5H2,1H3. The first-order valence-electron chi connectivity index (χ1n) is 2.73. The van der Waals surface area contributed by atoms with Crippen molar-refractivity contribution in [2.75, 3.05) is 13.6 Å². The van der Waals surface area contributed by atoms with Crippen LogP contribution in [0.25, 0.3) is 0 Å². The van der Waals surface area contributed by atoms with Gasteiger partial charge in [0.1, 0.15) is 0 Å². The van der Waals surface area contributed by atoms with Crippen molar-refractivity contribution >= 4 is 12.1 Å². The largest absolute Gasteiger partial charge is 0.371 e. The number of carbonyl (C=O) groups excluding carboxylic acids is 1. The van der Waals surface area contributed by atoms with Gasteiger partial charge in [-0.3, -0.25) is 4.79 Å². The van der Waals surface area contributed by atoms with Gasteiger partial charge in [0.2, 0.25) is 0 Å². The van der Waals surface area contributed by atoms with Crippen molar-refractivity contribution in [2.45, 2.75) is 0 Å². The van der Waals surface area contributed by atoms with Gasteiger partial charge in [-0.25, -0.2) is 4.99 Å². The van der Waals surface area contributed by atoms with E-state index in [0.717, 1.165) is 0 Å². The Balaban J connectivity index is 2.64. The molecule has 48 valence electrons. The van der Waals surface area contributed by atoms with E-state index in [1.54, 1.807) is 11.0 Å². The molecule has 0 radical (unpaired) electrons. The predicted molar refractivity (Wildman–Crippen MR) is 35.3 cm³/mol. The molecule has 0 aliphatic carbocycles. The zero-order chi connectivity index (χ0) is 6.69. The number of aliphatic imine (C=N–C) groups is 1. The molecule has 9 heavy (non-hydrogen) atoms. The molecule has 0 aromatic carbocycles. The SMILES string of the molecule is CN1C=CC=NC(=O)C1. The number of allylic oxidation sites excluding steroid dienone is 1. The normalized spacial score (nSPS) is 18.3. The molecule has 0 N–H and O–H groups in total. The predicted octanol–water partition coefficient (Wildman–Crippen LogP) is 0.0429. The van der Waals surface area contributed by atoms with E-state index in [1.165, 1.54) is 6.21 Å². The fourth-order valence-electron chi connectivity index (χ4n) is 0.618. The number of hydrogen-bond donors (Lipinski definition) is 0. The van der Waals surface area contributed by atoms with Gasteiger partial charge in [0.05, 0.1) is 6.54 Å². The number of nitrogens with zero attached hydrogens (tertiary/aromatic N) is 2. The van der Waals surface area contributed by atoms with Crippen LogP contribution in [-0.2, 0) is 4.79 Å². The van der Waals surface area contributed by atoms with Gasteiger partial charge in [-0.15, -0.1) is 0 Å². The highest BCUT2D eigenvalue weighted by Crippen LogP contribution is 1.89. The van der Waals surface area contributed by atoms with Gasteiger partial charge >= 0.3 is 0 Å². The molecular formula is C6H8N2O. The minimum atomic E-state index is -0.0949. The molecule has 1 rings (SSSR count). The topological polar surface area (TPSA) is 32.7 Å². The molecule has 1 amide bonds. The average molecular weight is 124 g/mol. The first-order valence-corrected chi connectivity index (χ1v) is 2.73. The van der Waals surface area contributed by atoms with Crippen LogP contribution in [0.15, 0.2) is 17.3 Å². The van der Waals surface area contributed by atoms with Crippen molar-refractivity contribution in [2.24, 2.45) is 4.99 Å². The number of hydrogen-bond acceptors (Lipinski definition) is 2. The molecule has 3 nitrogen and oxygen atoms in total. The second-order valence-corrected chi connectivity index (χ2v) is 1.93. The van der Waals surface area contributed by atoms with Crippen molar-refractivity contribution in [3.8, 4) is 0 Å². The Morgan fingerprint density at radius 3 is 3.33 bits per heavy atom. The smallest absolute Gasteiger partial charge is 0.265 e. The van der Waals surface area contributed by atoms with E-state index in [9.17, 15) is 4.79 Å². The lowest BCUT2D eigenvalue weighted by Crippen LogP contribution is -2.17. The number of carbonyl (C=O) groups is 1. The van der Waals surface area contributed by atoms with Gasteiger partial charge in [-0.1, -0.05) is 0 Å². The maximum absolute atomic E-state index is 10.6. The Morgan fingerprint density at radius 2 is 2.56 bits per heavy atom. The minimum Gasteiger partial charge on any atom is -0.371 e. The molecule has 1 heterocycles. The molecule has 0 saturated heterocycles. The van der Waals surface area contributed by atoms with Crippen LogP contribution < -0.4 is 0 Å². The first-order chi connectivity index (χ1) is 4.29. The van der Waals surface area contributed by atoms with Gasteiger partial charge < -0.3 is 4.90 Å². The summed E-state index contributed by atoms with van der Waals surface area (Å²) in [6.07, 6.45) is 5.06. The van der Waals surface area contributed by atoms with E-state index in [2.05, 4.69) is 4.99 Å². The summed E-state index contributed by atoms with van der Waals surface area (Å²) in [5, 5.41) is 0. The lowest BCUT2D eigenvalue weighted by Gasteiger charge is -2.07. The summed E-state index contributed by atoms with van der Waals surface area (Å²) < 4.78 is 0. The number of likely N-dealkylation sites (N-methyl/N-ethyl adjacent to an activating group) is 1. The first kappa shape index (κ1) is 6.01. The molecule has 0 fully saturated rings. The highest BCUT2D eigenvalue weighted by Gasteiger charge is 2.00. The third kappa shape index (κ3) is 1.68. The van der Waals surface area contributed by atoms with E-state index >= 15 is 0 Å². The van der Waals surface area contributed by atoms with Crippen LogP contribution in [0.1, 0.15) is 0 Å². The van der Waals surface area contributed by atoms with E-state index in [1.807, 2.05) is 13.2 Å². The molecule has 0 unspecified atom stereocenters. The second kappa shape index (κ2) is 2.44. The Kier molecular flexibility index (Phi) is 1.63. The summed E-state index contributed by atoms with van der Waals surface area (Å²) in [4.78, 5) is 16.0. The van der Waals surface area contributed by atoms with Crippen molar-refractivity contribution in [1.29, 1.82) is 0 Å². The maximum Gasteiger partial charge on any atom is 0.265 e.